The van der Waals surface area contributed by atoms with Crippen LogP contribution in [0.5, 0.6) is 11.5 Å². The number of amides is 1. The predicted octanol–water partition coefficient (Wildman–Crippen LogP) is 1.11. The number of nitrogens with zero attached hydrogens (tertiary/aromatic N) is 1. The van der Waals surface area contributed by atoms with Crippen molar-refractivity contribution in [3.8, 4) is 11.5 Å². The summed E-state index contributed by atoms with van der Waals surface area (Å²) in [6.45, 7) is 3.35. The van der Waals surface area contributed by atoms with E-state index in [4.69, 9.17) is 14.2 Å². The molecule has 1 saturated heterocycles. The Morgan fingerprint density at radius 1 is 1.30 bits per heavy atom. The fourth-order valence-corrected chi connectivity index (χ4v) is 2.31. The third kappa shape index (κ3) is 4.13. The zero-order valence-corrected chi connectivity index (χ0v) is 13.5. The van der Waals surface area contributed by atoms with Crippen molar-refractivity contribution in [1.29, 1.82) is 0 Å². The number of benzene rings is 1. The van der Waals surface area contributed by atoms with Crippen LogP contribution < -0.4 is 9.47 Å². The average molecular weight is 323 g/mol. The maximum atomic E-state index is 12.6. The van der Waals surface area contributed by atoms with Crippen LogP contribution in [0.2, 0.25) is 0 Å². The monoisotopic (exact) mass is 323 g/mol. The van der Waals surface area contributed by atoms with Gasteiger partial charge in [0.15, 0.2) is 18.1 Å². The van der Waals surface area contributed by atoms with E-state index < -0.39 is 5.97 Å². The molecule has 0 spiro atoms. The minimum absolute atomic E-state index is 0.0255. The first-order chi connectivity index (χ1) is 11.1. The maximum absolute atomic E-state index is 12.6. The van der Waals surface area contributed by atoms with Crippen LogP contribution in [0, 0.1) is 0 Å². The van der Waals surface area contributed by atoms with E-state index in [0.29, 0.717) is 36.8 Å². The lowest BCUT2D eigenvalue weighted by molar-refractivity contribution is -0.142. The molecule has 0 bridgehead atoms. The van der Waals surface area contributed by atoms with Crippen molar-refractivity contribution < 1.29 is 28.5 Å². The molecule has 0 radical (unpaired) electrons. The Bertz CT molecular complexity index is 574. The molecule has 1 unspecified atom stereocenters. The lowest BCUT2D eigenvalue weighted by Gasteiger charge is -2.33. The third-order valence-electron chi connectivity index (χ3n) is 3.61. The number of ether oxygens (including phenoxy) is 4. The summed E-state index contributed by atoms with van der Waals surface area (Å²) in [6.07, 6.45) is 0. The molecule has 0 saturated carbocycles. The maximum Gasteiger partial charge on any atom is 0.343 e. The summed E-state index contributed by atoms with van der Waals surface area (Å²) in [7, 11) is 2.76. The van der Waals surface area contributed by atoms with E-state index in [0.717, 1.165) is 0 Å². The first-order valence-corrected chi connectivity index (χ1v) is 7.33. The quantitative estimate of drug-likeness (QED) is 0.756. The highest BCUT2D eigenvalue weighted by Crippen LogP contribution is 2.29. The first-order valence-electron chi connectivity index (χ1n) is 7.33. The minimum Gasteiger partial charge on any atom is -0.493 e. The van der Waals surface area contributed by atoms with Gasteiger partial charge in [0.05, 0.1) is 33.5 Å². The fourth-order valence-electron chi connectivity index (χ4n) is 2.31. The summed E-state index contributed by atoms with van der Waals surface area (Å²) in [5.74, 6) is 0.193. The van der Waals surface area contributed by atoms with Crippen LogP contribution in [0.4, 0.5) is 0 Å². The van der Waals surface area contributed by atoms with E-state index in [1.54, 1.807) is 23.1 Å². The van der Waals surface area contributed by atoms with Gasteiger partial charge in [0.25, 0.3) is 5.91 Å². The molecule has 1 aromatic carbocycles. The highest BCUT2D eigenvalue weighted by atomic mass is 16.6. The molecular weight excluding hydrogens is 302 g/mol. The number of carbonyl (C=O) groups is 2. The summed E-state index contributed by atoms with van der Waals surface area (Å²) in [5, 5.41) is 0. The largest absolute Gasteiger partial charge is 0.493 e. The van der Waals surface area contributed by atoms with Crippen molar-refractivity contribution in [3.05, 3.63) is 23.8 Å². The molecule has 0 aromatic heterocycles. The normalized spacial score (nSPS) is 17.5. The summed E-state index contributed by atoms with van der Waals surface area (Å²) >= 11 is 0. The highest BCUT2D eigenvalue weighted by Gasteiger charge is 2.25. The summed E-state index contributed by atoms with van der Waals surface area (Å²) < 4.78 is 20.4. The third-order valence-corrected chi connectivity index (χ3v) is 3.61. The van der Waals surface area contributed by atoms with Gasteiger partial charge < -0.3 is 23.8 Å². The Morgan fingerprint density at radius 2 is 2.09 bits per heavy atom. The smallest absolute Gasteiger partial charge is 0.343 e. The zero-order chi connectivity index (χ0) is 16.8. The second-order valence-corrected chi connectivity index (χ2v) is 5.15. The Hall–Kier alpha value is -2.28. The van der Waals surface area contributed by atoms with Gasteiger partial charge in [0.2, 0.25) is 0 Å². The Balaban J connectivity index is 2.14. The molecule has 126 valence electrons. The number of rotatable bonds is 5. The SMILES string of the molecule is COC(=O)COc1ccc(C(=O)N2CCOCC2C)cc1OC. The second kappa shape index (κ2) is 7.82. The molecule has 1 atom stereocenters. The molecule has 23 heavy (non-hydrogen) atoms. The molecule has 1 aliphatic heterocycles. The van der Waals surface area contributed by atoms with Gasteiger partial charge in [0, 0.05) is 12.1 Å². The zero-order valence-electron chi connectivity index (χ0n) is 13.5. The number of carbonyl (C=O) groups excluding carboxylic acids is 2. The molecule has 1 amide bonds. The van der Waals surface area contributed by atoms with Crippen LogP contribution in [-0.4, -0.2) is 63.4 Å². The van der Waals surface area contributed by atoms with Crippen molar-refractivity contribution >= 4 is 11.9 Å². The van der Waals surface area contributed by atoms with Gasteiger partial charge in [-0.1, -0.05) is 0 Å². The lowest BCUT2D eigenvalue weighted by Crippen LogP contribution is -2.47. The van der Waals surface area contributed by atoms with Crippen LogP contribution in [0.15, 0.2) is 18.2 Å². The second-order valence-electron chi connectivity index (χ2n) is 5.15. The molecule has 7 heteroatoms. The van der Waals surface area contributed by atoms with Gasteiger partial charge in [0.1, 0.15) is 0 Å². The van der Waals surface area contributed by atoms with Crippen LogP contribution >= 0.6 is 0 Å². The van der Waals surface area contributed by atoms with Crippen LogP contribution in [0.1, 0.15) is 17.3 Å². The van der Waals surface area contributed by atoms with E-state index in [9.17, 15) is 9.59 Å². The molecule has 0 N–H and O–H groups in total. The average Bonchev–Trinajstić information content (AvgIpc) is 2.59. The van der Waals surface area contributed by atoms with Crippen LogP contribution in [-0.2, 0) is 14.3 Å². The van der Waals surface area contributed by atoms with Gasteiger partial charge in [-0.05, 0) is 25.1 Å². The van der Waals surface area contributed by atoms with E-state index in [-0.39, 0.29) is 18.6 Å². The minimum atomic E-state index is -0.491. The van der Waals surface area contributed by atoms with Gasteiger partial charge in [-0.25, -0.2) is 4.79 Å². The predicted molar refractivity (Wildman–Crippen MR) is 81.8 cm³/mol. The standard InChI is InChI=1S/C16H21NO6/c1-11-9-22-7-6-17(11)16(19)12-4-5-13(14(8-12)20-2)23-10-15(18)21-3/h4-5,8,11H,6-7,9-10H2,1-3H3. The number of esters is 1. The van der Waals surface area contributed by atoms with Crippen molar-refractivity contribution in [1.82, 2.24) is 4.90 Å². The Morgan fingerprint density at radius 3 is 2.74 bits per heavy atom. The lowest BCUT2D eigenvalue weighted by atomic mass is 10.1. The van der Waals surface area contributed by atoms with Gasteiger partial charge in [-0.3, -0.25) is 4.79 Å². The first kappa shape index (κ1) is 17.1. The summed E-state index contributed by atoms with van der Waals surface area (Å²) in [4.78, 5) is 25.5. The Labute approximate surface area is 135 Å². The molecule has 1 fully saturated rings. The van der Waals surface area contributed by atoms with Crippen molar-refractivity contribution in [2.24, 2.45) is 0 Å². The fraction of sp³-hybridized carbons (Fsp3) is 0.500. The van der Waals surface area contributed by atoms with Gasteiger partial charge >= 0.3 is 5.97 Å². The van der Waals surface area contributed by atoms with Gasteiger partial charge in [-0.2, -0.15) is 0 Å². The molecule has 0 aliphatic carbocycles. The Kier molecular flexibility index (Phi) is 5.81. The van der Waals surface area contributed by atoms with Crippen molar-refractivity contribution in [3.63, 3.8) is 0 Å². The van der Waals surface area contributed by atoms with Crippen molar-refractivity contribution in [2.45, 2.75) is 13.0 Å². The molecule has 7 nitrogen and oxygen atoms in total. The molecule has 2 rings (SSSR count). The van der Waals surface area contributed by atoms with E-state index in [1.807, 2.05) is 6.92 Å². The molecular formula is C16H21NO6. The molecule has 1 heterocycles. The van der Waals surface area contributed by atoms with Crippen molar-refractivity contribution in [2.75, 3.05) is 40.6 Å². The number of hydrogen-bond donors (Lipinski definition) is 0. The highest BCUT2D eigenvalue weighted by molar-refractivity contribution is 5.95. The van der Waals surface area contributed by atoms with E-state index in [1.165, 1.54) is 14.2 Å². The molecule has 1 aliphatic rings. The summed E-state index contributed by atoms with van der Waals surface area (Å²) in [6, 6.07) is 4.90. The van der Waals surface area contributed by atoms with Crippen LogP contribution in [0.3, 0.4) is 0 Å². The topological polar surface area (TPSA) is 74.3 Å². The summed E-state index contributed by atoms with van der Waals surface area (Å²) in [5.41, 5.74) is 0.501. The number of hydrogen-bond acceptors (Lipinski definition) is 6. The number of methoxy groups -OCH3 is 2. The van der Waals surface area contributed by atoms with E-state index in [2.05, 4.69) is 4.74 Å². The van der Waals surface area contributed by atoms with Gasteiger partial charge in [-0.15, -0.1) is 0 Å². The van der Waals surface area contributed by atoms with E-state index >= 15 is 0 Å². The number of morpholine rings is 1. The molecule has 1 aromatic rings. The van der Waals surface area contributed by atoms with Crippen LogP contribution in [0.25, 0.3) is 0 Å².